The topological polar surface area (TPSA) is 110 Å². The molecule has 0 bridgehead atoms. The van der Waals surface area contributed by atoms with Crippen molar-refractivity contribution in [3.8, 4) is 5.75 Å². The van der Waals surface area contributed by atoms with E-state index in [1.165, 1.54) is 0 Å². The molecular weight excluding hydrogens is 327 g/mol. The maximum Gasteiger partial charge on any atom is 0.209 e. The number of piperidine rings is 1. The van der Waals surface area contributed by atoms with Crippen molar-refractivity contribution in [1.82, 2.24) is 16.2 Å². The predicted molar refractivity (Wildman–Crippen MR) is 86.7 cm³/mol. The van der Waals surface area contributed by atoms with Crippen molar-refractivity contribution in [3.05, 3.63) is 27.7 Å². The number of nitrogens with one attached hydrogen (secondary N) is 3. The number of hydrogen-bond acceptors (Lipinski definition) is 7. The highest BCUT2D eigenvalue weighted by atomic mass is 35.5. The number of hydrogen-bond donors (Lipinski definition) is 5. The summed E-state index contributed by atoms with van der Waals surface area (Å²) in [6.45, 7) is 1.79. The largest absolute Gasteiger partial charge is 0.486 e. The Bertz CT molecular complexity index is 581. The van der Waals surface area contributed by atoms with Crippen LogP contribution in [-0.2, 0) is 5.79 Å². The molecule has 3 rings (SSSR count). The van der Waals surface area contributed by atoms with Gasteiger partial charge in [-0.15, -0.1) is 0 Å². The Morgan fingerprint density at radius 3 is 2.59 bits per heavy atom. The van der Waals surface area contributed by atoms with Crippen LogP contribution in [0.5, 0.6) is 5.75 Å². The molecule has 7 nitrogen and oxygen atoms in total. The van der Waals surface area contributed by atoms with Gasteiger partial charge in [0.25, 0.3) is 0 Å². The first-order valence-corrected chi connectivity index (χ1v) is 7.78. The second kappa shape index (κ2) is 6.10. The molecule has 0 radical (unpaired) electrons. The van der Waals surface area contributed by atoms with E-state index in [9.17, 15) is 0 Å². The summed E-state index contributed by atoms with van der Waals surface area (Å²) in [7, 11) is 0. The van der Waals surface area contributed by atoms with Gasteiger partial charge in [0.1, 0.15) is 6.10 Å². The number of halogens is 2. The predicted octanol–water partition coefficient (Wildman–Crippen LogP) is 0.616. The molecule has 22 heavy (non-hydrogen) atoms. The molecule has 1 saturated heterocycles. The van der Waals surface area contributed by atoms with Crippen molar-refractivity contribution in [2.45, 2.75) is 24.7 Å². The number of hydrazine groups is 1. The molecule has 0 spiro atoms. The molecule has 7 N–H and O–H groups in total. The molecule has 9 heteroatoms. The zero-order chi connectivity index (χ0) is 15.7. The lowest BCUT2D eigenvalue weighted by molar-refractivity contribution is 0.167. The normalized spacial score (nSPS) is 28.1. The molecule has 2 unspecified atom stereocenters. The zero-order valence-corrected chi connectivity index (χ0v) is 13.3. The van der Waals surface area contributed by atoms with E-state index in [4.69, 9.17) is 39.4 Å². The summed E-state index contributed by atoms with van der Waals surface area (Å²) in [6, 6.07) is 3.35. The quantitative estimate of drug-likeness (QED) is 0.549. The molecule has 2 aliphatic rings. The average molecular weight is 345 g/mol. The minimum atomic E-state index is -1.21. The fraction of sp³-hybridized carbons (Fsp3) is 0.462. The van der Waals surface area contributed by atoms with Gasteiger partial charge in [-0.2, -0.15) is 5.43 Å². The number of guanidine groups is 1. The van der Waals surface area contributed by atoms with Crippen LogP contribution in [0.2, 0.25) is 10.0 Å². The van der Waals surface area contributed by atoms with Crippen molar-refractivity contribution < 1.29 is 4.74 Å². The lowest BCUT2D eigenvalue weighted by Gasteiger charge is -2.26. The number of benzene rings is 1. The Hall–Kier alpha value is -1.25. The Labute approximate surface area is 138 Å². The summed E-state index contributed by atoms with van der Waals surface area (Å²) in [4.78, 5) is 4.10. The van der Waals surface area contributed by atoms with Crippen molar-refractivity contribution in [2.75, 3.05) is 13.1 Å². The fourth-order valence-corrected chi connectivity index (χ4v) is 3.10. The van der Waals surface area contributed by atoms with Gasteiger partial charge in [0.2, 0.25) is 11.7 Å². The third-order valence-electron chi connectivity index (χ3n) is 3.65. The van der Waals surface area contributed by atoms with Gasteiger partial charge in [-0.05, 0) is 31.5 Å². The third kappa shape index (κ3) is 3.09. The van der Waals surface area contributed by atoms with Gasteiger partial charge in [-0.1, -0.05) is 23.2 Å². The Kier molecular flexibility index (Phi) is 4.33. The van der Waals surface area contributed by atoms with Gasteiger partial charge in [0.15, 0.2) is 5.75 Å². The Morgan fingerprint density at radius 2 is 2.05 bits per heavy atom. The van der Waals surface area contributed by atoms with E-state index in [0.29, 0.717) is 21.4 Å². The van der Waals surface area contributed by atoms with Gasteiger partial charge < -0.3 is 15.8 Å². The van der Waals surface area contributed by atoms with Crippen LogP contribution in [0.1, 0.15) is 18.4 Å². The molecule has 0 aromatic heterocycles. The first-order valence-electron chi connectivity index (χ1n) is 7.02. The zero-order valence-electron chi connectivity index (χ0n) is 11.8. The van der Waals surface area contributed by atoms with Crippen LogP contribution >= 0.6 is 23.2 Å². The molecule has 120 valence electrons. The van der Waals surface area contributed by atoms with Crippen molar-refractivity contribution in [2.24, 2.45) is 16.5 Å². The summed E-state index contributed by atoms with van der Waals surface area (Å²) in [6.07, 6.45) is 2.09. The van der Waals surface area contributed by atoms with E-state index in [-0.39, 0.29) is 12.1 Å². The van der Waals surface area contributed by atoms with Crippen molar-refractivity contribution >= 4 is 29.2 Å². The second-order valence-electron chi connectivity index (χ2n) is 5.37. The summed E-state index contributed by atoms with van der Waals surface area (Å²) < 4.78 is 5.92. The SMILES string of the molecule is NC1=NC(N)(c2cc(Cl)c(OC3CCCNC3)c(Cl)c2)NN1. The Balaban J connectivity index is 1.85. The minimum absolute atomic E-state index is 0.0568. The number of aliphatic imine (C=N–C) groups is 1. The monoisotopic (exact) mass is 344 g/mol. The molecule has 0 amide bonds. The van der Waals surface area contributed by atoms with Gasteiger partial charge in [-0.25, -0.2) is 4.99 Å². The number of rotatable bonds is 3. The van der Waals surface area contributed by atoms with Crippen molar-refractivity contribution in [3.63, 3.8) is 0 Å². The first kappa shape index (κ1) is 15.6. The standard InChI is InChI=1S/C13H18Cl2N6O/c14-9-4-7(13(17)19-12(16)20-21-13)5-10(15)11(9)22-8-2-1-3-18-6-8/h4-5,8,18,21H,1-3,6,17H2,(H3,16,19,20). The summed E-state index contributed by atoms with van der Waals surface area (Å²) in [5.41, 5.74) is 17.7. The van der Waals surface area contributed by atoms with Crippen molar-refractivity contribution in [1.29, 1.82) is 0 Å². The van der Waals surface area contributed by atoms with E-state index in [1.807, 2.05) is 0 Å². The summed E-state index contributed by atoms with van der Waals surface area (Å²) in [5.74, 6) is -0.543. The minimum Gasteiger partial charge on any atom is -0.486 e. The van der Waals surface area contributed by atoms with E-state index in [1.54, 1.807) is 12.1 Å². The van der Waals surface area contributed by atoms with Crippen LogP contribution in [0.3, 0.4) is 0 Å². The Morgan fingerprint density at radius 1 is 1.32 bits per heavy atom. The van der Waals surface area contributed by atoms with Crippen LogP contribution < -0.4 is 32.4 Å². The molecule has 2 heterocycles. The number of nitrogens with zero attached hydrogens (tertiary/aromatic N) is 1. The van der Waals surface area contributed by atoms with E-state index >= 15 is 0 Å². The van der Waals surface area contributed by atoms with Gasteiger partial charge in [-0.3, -0.25) is 11.2 Å². The highest BCUT2D eigenvalue weighted by Gasteiger charge is 2.33. The second-order valence-corrected chi connectivity index (χ2v) is 6.18. The van der Waals surface area contributed by atoms with E-state index < -0.39 is 5.79 Å². The highest BCUT2D eigenvalue weighted by Crippen LogP contribution is 2.37. The van der Waals surface area contributed by atoms with Gasteiger partial charge in [0, 0.05) is 12.1 Å². The fourth-order valence-electron chi connectivity index (χ4n) is 2.52. The van der Waals surface area contributed by atoms with Crippen LogP contribution in [0, 0.1) is 0 Å². The maximum absolute atomic E-state index is 6.32. The smallest absolute Gasteiger partial charge is 0.209 e. The molecule has 1 fully saturated rings. The highest BCUT2D eigenvalue weighted by molar-refractivity contribution is 6.37. The van der Waals surface area contributed by atoms with Crippen LogP contribution in [0.4, 0.5) is 0 Å². The van der Waals surface area contributed by atoms with E-state index in [2.05, 4.69) is 21.2 Å². The molecular formula is C13H18Cl2N6O. The summed E-state index contributed by atoms with van der Waals surface area (Å²) >= 11 is 12.6. The molecule has 1 aromatic carbocycles. The maximum atomic E-state index is 6.32. The average Bonchev–Trinajstić information content (AvgIpc) is 2.84. The molecule has 2 aliphatic heterocycles. The van der Waals surface area contributed by atoms with Gasteiger partial charge >= 0.3 is 0 Å². The van der Waals surface area contributed by atoms with E-state index in [0.717, 1.165) is 25.9 Å². The summed E-state index contributed by atoms with van der Waals surface area (Å²) in [5, 5.41) is 4.06. The van der Waals surface area contributed by atoms with Crippen LogP contribution in [-0.4, -0.2) is 25.2 Å². The van der Waals surface area contributed by atoms with Crippen LogP contribution in [0.15, 0.2) is 17.1 Å². The molecule has 0 aliphatic carbocycles. The molecule has 2 atom stereocenters. The number of ether oxygens (including phenoxy) is 1. The first-order chi connectivity index (χ1) is 10.5. The molecule has 1 aromatic rings. The van der Waals surface area contributed by atoms with Gasteiger partial charge in [0.05, 0.1) is 10.0 Å². The third-order valence-corrected chi connectivity index (χ3v) is 4.21. The molecule has 0 saturated carbocycles. The lowest BCUT2D eigenvalue weighted by atomic mass is 10.1. The number of nitrogens with two attached hydrogens (primary N) is 2. The van der Waals surface area contributed by atoms with Crippen LogP contribution in [0.25, 0.3) is 0 Å². The lowest BCUT2D eigenvalue weighted by Crippen LogP contribution is -2.50.